The third-order valence-corrected chi connectivity index (χ3v) is 4.95. The first-order valence-electron chi connectivity index (χ1n) is 9.28. The molecule has 1 amide bonds. The lowest BCUT2D eigenvalue weighted by Gasteiger charge is -2.16. The van der Waals surface area contributed by atoms with Crippen molar-refractivity contribution < 1.29 is 23.4 Å². The van der Waals surface area contributed by atoms with Crippen LogP contribution in [0.1, 0.15) is 29.7 Å². The number of ether oxygens (including phenoxy) is 3. The maximum atomic E-state index is 12.4. The van der Waals surface area contributed by atoms with Gasteiger partial charge >= 0.3 is 5.63 Å². The monoisotopic (exact) mass is 395 g/mol. The molecule has 2 heterocycles. The SMILES string of the molecule is Cc1cc(=O)oc2c(C)c(OCC(=O)NC(C)c3ccc4c(c3)OCO4)ccc12. The van der Waals surface area contributed by atoms with Gasteiger partial charge in [0.1, 0.15) is 11.3 Å². The van der Waals surface area contributed by atoms with Crippen LogP contribution in [0.25, 0.3) is 11.0 Å². The van der Waals surface area contributed by atoms with Crippen LogP contribution < -0.4 is 25.2 Å². The van der Waals surface area contributed by atoms with Crippen molar-refractivity contribution in [3.8, 4) is 17.2 Å². The number of carbonyl (C=O) groups is 1. The minimum absolute atomic E-state index is 0.155. The van der Waals surface area contributed by atoms with E-state index in [4.69, 9.17) is 18.6 Å². The van der Waals surface area contributed by atoms with Crippen LogP contribution in [0.2, 0.25) is 0 Å². The lowest BCUT2D eigenvalue weighted by atomic mass is 10.1. The predicted molar refractivity (Wildman–Crippen MR) is 107 cm³/mol. The number of hydrogen-bond acceptors (Lipinski definition) is 6. The highest BCUT2D eigenvalue weighted by atomic mass is 16.7. The molecule has 0 fully saturated rings. The molecule has 0 aliphatic carbocycles. The Labute approximate surface area is 167 Å². The Balaban J connectivity index is 1.43. The van der Waals surface area contributed by atoms with Crippen molar-refractivity contribution in [3.63, 3.8) is 0 Å². The van der Waals surface area contributed by atoms with E-state index in [1.165, 1.54) is 6.07 Å². The van der Waals surface area contributed by atoms with Gasteiger partial charge in [0.2, 0.25) is 6.79 Å². The smallest absolute Gasteiger partial charge is 0.336 e. The first-order valence-corrected chi connectivity index (χ1v) is 9.28. The number of hydrogen-bond donors (Lipinski definition) is 1. The van der Waals surface area contributed by atoms with E-state index in [0.717, 1.165) is 16.5 Å². The molecule has 0 spiro atoms. The molecule has 2 aromatic carbocycles. The standard InChI is InChI=1S/C22H21NO6/c1-12-8-21(25)29-22-13(2)17(7-5-16(12)22)26-10-20(24)23-14(3)15-4-6-18-19(9-15)28-11-27-18/h4-9,14H,10-11H2,1-3H3,(H,23,24). The fraction of sp³-hybridized carbons (Fsp3) is 0.273. The molecule has 1 unspecified atom stereocenters. The maximum absolute atomic E-state index is 12.4. The molecular weight excluding hydrogens is 374 g/mol. The number of benzene rings is 2. The van der Waals surface area contributed by atoms with Crippen LogP contribution in [-0.4, -0.2) is 19.3 Å². The summed E-state index contributed by atoms with van der Waals surface area (Å²) in [5.41, 5.74) is 2.48. The largest absolute Gasteiger partial charge is 0.483 e. The second kappa shape index (κ2) is 7.50. The highest BCUT2D eigenvalue weighted by Crippen LogP contribution is 2.34. The van der Waals surface area contributed by atoms with Gasteiger partial charge in [0.25, 0.3) is 5.91 Å². The van der Waals surface area contributed by atoms with Crippen molar-refractivity contribution >= 4 is 16.9 Å². The summed E-state index contributed by atoms with van der Waals surface area (Å²) in [4.78, 5) is 24.0. The predicted octanol–water partition coefficient (Wildman–Crippen LogP) is 3.39. The van der Waals surface area contributed by atoms with E-state index in [1.807, 2.05) is 38.1 Å². The van der Waals surface area contributed by atoms with Crippen LogP contribution in [-0.2, 0) is 4.79 Å². The first-order chi connectivity index (χ1) is 13.9. The van der Waals surface area contributed by atoms with Crippen LogP contribution in [0.4, 0.5) is 0 Å². The lowest BCUT2D eigenvalue weighted by molar-refractivity contribution is -0.123. The van der Waals surface area contributed by atoms with Crippen LogP contribution in [0.5, 0.6) is 17.2 Å². The summed E-state index contributed by atoms with van der Waals surface area (Å²) in [6.45, 7) is 5.58. The molecule has 3 aromatic rings. The Hall–Kier alpha value is -3.48. The Morgan fingerprint density at radius 3 is 2.76 bits per heavy atom. The van der Waals surface area contributed by atoms with Crippen LogP contribution >= 0.6 is 0 Å². The van der Waals surface area contributed by atoms with E-state index >= 15 is 0 Å². The number of carbonyl (C=O) groups excluding carboxylic acids is 1. The van der Waals surface area contributed by atoms with Gasteiger partial charge < -0.3 is 23.9 Å². The molecule has 150 valence electrons. The number of fused-ring (bicyclic) bond motifs is 2. The van der Waals surface area contributed by atoms with Gasteiger partial charge in [0.05, 0.1) is 6.04 Å². The van der Waals surface area contributed by atoms with Gasteiger partial charge in [0.15, 0.2) is 18.1 Å². The fourth-order valence-electron chi connectivity index (χ4n) is 3.35. The molecule has 1 N–H and O–H groups in total. The summed E-state index contributed by atoms with van der Waals surface area (Å²) in [6.07, 6.45) is 0. The van der Waals surface area contributed by atoms with Gasteiger partial charge in [-0.2, -0.15) is 0 Å². The highest BCUT2D eigenvalue weighted by Gasteiger charge is 2.17. The van der Waals surface area contributed by atoms with E-state index in [1.54, 1.807) is 13.0 Å². The summed E-state index contributed by atoms with van der Waals surface area (Å²) in [5.74, 6) is 1.60. The van der Waals surface area contributed by atoms with E-state index in [-0.39, 0.29) is 25.3 Å². The summed E-state index contributed by atoms with van der Waals surface area (Å²) in [5, 5.41) is 3.74. The topological polar surface area (TPSA) is 87.0 Å². The summed E-state index contributed by atoms with van der Waals surface area (Å²) in [7, 11) is 0. The fourth-order valence-corrected chi connectivity index (χ4v) is 3.35. The Kier molecular flexibility index (Phi) is 4.88. The van der Waals surface area contributed by atoms with E-state index in [0.29, 0.717) is 28.4 Å². The minimum atomic E-state index is -0.412. The molecule has 1 aromatic heterocycles. The number of rotatable bonds is 5. The Bertz CT molecular complexity index is 1150. The number of amides is 1. The Morgan fingerprint density at radius 2 is 1.93 bits per heavy atom. The van der Waals surface area contributed by atoms with Crippen molar-refractivity contribution in [2.24, 2.45) is 0 Å². The van der Waals surface area contributed by atoms with Gasteiger partial charge in [0, 0.05) is 17.0 Å². The molecule has 0 bridgehead atoms. The molecule has 7 heteroatoms. The zero-order valence-corrected chi connectivity index (χ0v) is 16.4. The molecule has 4 rings (SSSR count). The van der Waals surface area contributed by atoms with Crippen LogP contribution in [0.3, 0.4) is 0 Å². The quantitative estimate of drug-likeness (QED) is 0.667. The number of nitrogens with one attached hydrogen (secondary N) is 1. The third kappa shape index (κ3) is 3.76. The first kappa shape index (κ1) is 18.9. The molecule has 0 saturated heterocycles. The molecule has 1 atom stereocenters. The second-order valence-corrected chi connectivity index (χ2v) is 7.00. The average Bonchev–Trinajstić information content (AvgIpc) is 3.15. The highest BCUT2D eigenvalue weighted by molar-refractivity contribution is 5.85. The molecule has 1 aliphatic heterocycles. The van der Waals surface area contributed by atoms with Crippen molar-refractivity contribution in [1.82, 2.24) is 5.32 Å². The summed E-state index contributed by atoms with van der Waals surface area (Å²) in [6, 6.07) is 10.4. The molecule has 29 heavy (non-hydrogen) atoms. The summed E-state index contributed by atoms with van der Waals surface area (Å²) < 4.78 is 21.7. The molecule has 0 radical (unpaired) electrons. The van der Waals surface area contributed by atoms with E-state index in [9.17, 15) is 9.59 Å². The van der Waals surface area contributed by atoms with Gasteiger partial charge in [-0.3, -0.25) is 4.79 Å². The third-order valence-electron chi connectivity index (χ3n) is 4.95. The maximum Gasteiger partial charge on any atom is 0.336 e. The van der Waals surface area contributed by atoms with E-state index < -0.39 is 5.63 Å². The van der Waals surface area contributed by atoms with Gasteiger partial charge in [-0.25, -0.2) is 4.79 Å². The van der Waals surface area contributed by atoms with Gasteiger partial charge in [-0.05, 0) is 56.2 Å². The number of aryl methyl sites for hydroxylation is 2. The van der Waals surface area contributed by atoms with Gasteiger partial charge in [-0.1, -0.05) is 6.07 Å². The second-order valence-electron chi connectivity index (χ2n) is 7.00. The molecule has 1 aliphatic rings. The van der Waals surface area contributed by atoms with Crippen LogP contribution in [0, 0.1) is 13.8 Å². The minimum Gasteiger partial charge on any atom is -0.483 e. The normalized spacial score (nSPS) is 13.3. The molecule has 0 saturated carbocycles. The van der Waals surface area contributed by atoms with Crippen molar-refractivity contribution in [2.75, 3.05) is 13.4 Å². The molecular formula is C22H21NO6. The zero-order valence-electron chi connectivity index (χ0n) is 16.4. The average molecular weight is 395 g/mol. The zero-order chi connectivity index (χ0) is 20.5. The Morgan fingerprint density at radius 1 is 1.14 bits per heavy atom. The van der Waals surface area contributed by atoms with Crippen LogP contribution in [0.15, 0.2) is 45.6 Å². The lowest BCUT2D eigenvalue weighted by Crippen LogP contribution is -2.31. The van der Waals surface area contributed by atoms with E-state index in [2.05, 4.69) is 5.32 Å². The van der Waals surface area contributed by atoms with Gasteiger partial charge in [-0.15, -0.1) is 0 Å². The summed E-state index contributed by atoms with van der Waals surface area (Å²) >= 11 is 0. The van der Waals surface area contributed by atoms with Crippen molar-refractivity contribution in [2.45, 2.75) is 26.8 Å². The van der Waals surface area contributed by atoms with Crippen molar-refractivity contribution in [1.29, 1.82) is 0 Å². The molecule has 7 nitrogen and oxygen atoms in total. The van der Waals surface area contributed by atoms with Crippen molar-refractivity contribution in [3.05, 3.63) is 63.5 Å².